The van der Waals surface area contributed by atoms with Crippen molar-refractivity contribution in [2.24, 2.45) is 7.05 Å². The fraction of sp³-hybridized carbons (Fsp3) is 0.250. The molecule has 0 radical (unpaired) electrons. The molecule has 0 bridgehead atoms. The molecular formula is C12H15N3. The van der Waals surface area contributed by atoms with Crippen LogP contribution in [0.25, 0.3) is 11.1 Å². The van der Waals surface area contributed by atoms with Crippen molar-refractivity contribution in [3.63, 3.8) is 0 Å². The molecule has 0 spiro atoms. The summed E-state index contributed by atoms with van der Waals surface area (Å²) in [6.07, 6.45) is 1.88. The van der Waals surface area contributed by atoms with Crippen LogP contribution in [0.15, 0.2) is 24.4 Å². The first-order valence-corrected chi connectivity index (χ1v) is 4.94. The third kappa shape index (κ3) is 1.73. The summed E-state index contributed by atoms with van der Waals surface area (Å²) in [6, 6.07) is 6.08. The highest BCUT2D eigenvalue weighted by atomic mass is 15.3. The lowest BCUT2D eigenvalue weighted by atomic mass is 10.0. The second kappa shape index (κ2) is 3.42. The zero-order chi connectivity index (χ0) is 11.0. The fourth-order valence-electron chi connectivity index (χ4n) is 1.75. The van der Waals surface area contributed by atoms with E-state index in [1.807, 2.05) is 37.0 Å². The maximum atomic E-state index is 5.83. The maximum absolute atomic E-state index is 5.83. The lowest BCUT2D eigenvalue weighted by Crippen LogP contribution is -1.93. The molecule has 0 atom stereocenters. The van der Waals surface area contributed by atoms with Gasteiger partial charge >= 0.3 is 0 Å². The third-order valence-corrected chi connectivity index (χ3v) is 2.65. The number of anilines is 1. The summed E-state index contributed by atoms with van der Waals surface area (Å²) in [5.74, 6) is 0. The van der Waals surface area contributed by atoms with E-state index >= 15 is 0 Å². The summed E-state index contributed by atoms with van der Waals surface area (Å²) in [5, 5.41) is 4.23. The lowest BCUT2D eigenvalue weighted by Gasteiger charge is -2.04. The van der Waals surface area contributed by atoms with Crippen LogP contribution >= 0.6 is 0 Å². The molecule has 0 amide bonds. The Balaban J connectivity index is 2.58. The molecule has 3 nitrogen and oxygen atoms in total. The zero-order valence-corrected chi connectivity index (χ0v) is 9.28. The highest BCUT2D eigenvalue weighted by Gasteiger charge is 2.06. The summed E-state index contributed by atoms with van der Waals surface area (Å²) in [6.45, 7) is 4.10. The second-order valence-corrected chi connectivity index (χ2v) is 3.90. The van der Waals surface area contributed by atoms with Crippen LogP contribution in [0, 0.1) is 13.8 Å². The highest BCUT2D eigenvalue weighted by molar-refractivity contribution is 5.69. The van der Waals surface area contributed by atoms with Crippen LogP contribution in [0.2, 0.25) is 0 Å². The van der Waals surface area contributed by atoms with Crippen molar-refractivity contribution < 1.29 is 0 Å². The van der Waals surface area contributed by atoms with Crippen LogP contribution in [-0.2, 0) is 7.05 Å². The fourth-order valence-corrected chi connectivity index (χ4v) is 1.75. The molecule has 2 N–H and O–H groups in total. The number of aryl methyl sites for hydroxylation is 2. The average molecular weight is 201 g/mol. The Kier molecular flexibility index (Phi) is 2.23. The number of benzene rings is 1. The summed E-state index contributed by atoms with van der Waals surface area (Å²) in [7, 11) is 1.94. The highest BCUT2D eigenvalue weighted by Crippen LogP contribution is 2.25. The van der Waals surface area contributed by atoms with Gasteiger partial charge in [0.2, 0.25) is 0 Å². The van der Waals surface area contributed by atoms with Gasteiger partial charge in [0.25, 0.3) is 0 Å². The van der Waals surface area contributed by atoms with Gasteiger partial charge in [-0.2, -0.15) is 5.10 Å². The second-order valence-electron chi connectivity index (χ2n) is 3.90. The Labute approximate surface area is 89.5 Å². The van der Waals surface area contributed by atoms with Gasteiger partial charge in [0.15, 0.2) is 0 Å². The van der Waals surface area contributed by atoms with E-state index in [-0.39, 0.29) is 0 Å². The van der Waals surface area contributed by atoms with Gasteiger partial charge < -0.3 is 5.73 Å². The quantitative estimate of drug-likeness (QED) is 0.719. The molecule has 0 aliphatic rings. The molecule has 2 aromatic rings. The van der Waals surface area contributed by atoms with Gasteiger partial charge in [-0.15, -0.1) is 0 Å². The monoisotopic (exact) mass is 201 g/mol. The van der Waals surface area contributed by atoms with Crippen molar-refractivity contribution >= 4 is 5.69 Å². The van der Waals surface area contributed by atoms with E-state index in [0.717, 1.165) is 22.5 Å². The van der Waals surface area contributed by atoms with E-state index in [9.17, 15) is 0 Å². The summed E-state index contributed by atoms with van der Waals surface area (Å²) < 4.78 is 1.87. The molecular weight excluding hydrogens is 186 g/mol. The van der Waals surface area contributed by atoms with Crippen molar-refractivity contribution in [3.05, 3.63) is 35.7 Å². The number of nitrogens with zero attached hydrogens (tertiary/aromatic N) is 2. The molecule has 0 aliphatic heterocycles. The van der Waals surface area contributed by atoms with Crippen molar-refractivity contribution in [1.29, 1.82) is 0 Å². The largest absolute Gasteiger partial charge is 0.399 e. The van der Waals surface area contributed by atoms with Crippen molar-refractivity contribution in [1.82, 2.24) is 9.78 Å². The summed E-state index contributed by atoms with van der Waals surface area (Å²) in [4.78, 5) is 0. The minimum absolute atomic E-state index is 0.799. The number of hydrogen-bond donors (Lipinski definition) is 1. The predicted molar refractivity (Wildman–Crippen MR) is 62.5 cm³/mol. The van der Waals surface area contributed by atoms with Crippen LogP contribution in [0.5, 0.6) is 0 Å². The standard InChI is InChI=1S/C12H15N3/c1-8-4-10(6-11(13)5-8)12-7-14-15(3)9(12)2/h4-7H,13H2,1-3H3. The minimum atomic E-state index is 0.799. The molecule has 15 heavy (non-hydrogen) atoms. The first-order chi connectivity index (χ1) is 7.08. The molecule has 0 unspecified atom stereocenters. The third-order valence-electron chi connectivity index (χ3n) is 2.65. The Hall–Kier alpha value is -1.77. The maximum Gasteiger partial charge on any atom is 0.0571 e. The molecule has 0 fully saturated rings. The van der Waals surface area contributed by atoms with E-state index in [2.05, 4.69) is 18.1 Å². The van der Waals surface area contributed by atoms with Crippen molar-refractivity contribution in [2.75, 3.05) is 5.73 Å². The Morgan fingerprint density at radius 3 is 2.47 bits per heavy atom. The number of rotatable bonds is 1. The topological polar surface area (TPSA) is 43.8 Å². The van der Waals surface area contributed by atoms with Gasteiger partial charge in [-0.1, -0.05) is 6.07 Å². The molecule has 2 rings (SSSR count). The lowest BCUT2D eigenvalue weighted by molar-refractivity contribution is 0.740. The molecule has 0 saturated heterocycles. The van der Waals surface area contributed by atoms with Crippen LogP contribution in [0.3, 0.4) is 0 Å². The SMILES string of the molecule is Cc1cc(N)cc(-c2cnn(C)c2C)c1. The minimum Gasteiger partial charge on any atom is -0.399 e. The Morgan fingerprint density at radius 1 is 1.20 bits per heavy atom. The Morgan fingerprint density at radius 2 is 1.93 bits per heavy atom. The van der Waals surface area contributed by atoms with Crippen molar-refractivity contribution in [3.8, 4) is 11.1 Å². The van der Waals surface area contributed by atoms with Gasteiger partial charge in [-0.05, 0) is 37.1 Å². The summed E-state index contributed by atoms with van der Waals surface area (Å²) in [5.41, 5.74) is 11.2. The first kappa shape index (κ1) is 9.77. The van der Waals surface area contributed by atoms with Gasteiger partial charge in [-0.3, -0.25) is 4.68 Å². The molecule has 1 aromatic carbocycles. The normalized spacial score (nSPS) is 10.6. The van der Waals surface area contributed by atoms with Crippen LogP contribution in [-0.4, -0.2) is 9.78 Å². The molecule has 0 aliphatic carbocycles. The predicted octanol–water partition coefficient (Wildman–Crippen LogP) is 2.29. The van der Waals surface area contributed by atoms with E-state index in [1.165, 1.54) is 5.56 Å². The molecule has 0 saturated carbocycles. The molecule has 1 aromatic heterocycles. The molecule has 78 valence electrons. The van der Waals surface area contributed by atoms with Gasteiger partial charge in [0.05, 0.1) is 6.20 Å². The molecule has 3 heteroatoms. The Bertz CT molecular complexity index is 477. The molecule has 1 heterocycles. The number of nitrogen functional groups attached to an aromatic ring is 1. The number of aromatic nitrogens is 2. The van der Waals surface area contributed by atoms with E-state index in [0.29, 0.717) is 0 Å². The smallest absolute Gasteiger partial charge is 0.0571 e. The van der Waals surface area contributed by atoms with E-state index in [4.69, 9.17) is 5.73 Å². The number of nitrogens with two attached hydrogens (primary N) is 1. The van der Waals surface area contributed by atoms with Gasteiger partial charge in [0.1, 0.15) is 0 Å². The first-order valence-electron chi connectivity index (χ1n) is 4.94. The van der Waals surface area contributed by atoms with E-state index in [1.54, 1.807) is 0 Å². The van der Waals surface area contributed by atoms with Crippen LogP contribution < -0.4 is 5.73 Å². The van der Waals surface area contributed by atoms with E-state index < -0.39 is 0 Å². The zero-order valence-electron chi connectivity index (χ0n) is 9.28. The van der Waals surface area contributed by atoms with Crippen LogP contribution in [0.4, 0.5) is 5.69 Å². The average Bonchev–Trinajstić information content (AvgIpc) is 2.46. The van der Waals surface area contributed by atoms with Gasteiger partial charge in [-0.25, -0.2) is 0 Å². The summed E-state index contributed by atoms with van der Waals surface area (Å²) >= 11 is 0. The van der Waals surface area contributed by atoms with Gasteiger partial charge in [0, 0.05) is 24.0 Å². The van der Waals surface area contributed by atoms with Crippen molar-refractivity contribution in [2.45, 2.75) is 13.8 Å². The van der Waals surface area contributed by atoms with Crippen LogP contribution in [0.1, 0.15) is 11.3 Å². The number of hydrogen-bond acceptors (Lipinski definition) is 2.